The molecule has 0 saturated heterocycles. The van der Waals surface area contributed by atoms with E-state index in [1.807, 2.05) is 6.92 Å². The summed E-state index contributed by atoms with van der Waals surface area (Å²) in [6.45, 7) is 4.97. The Hall–Kier alpha value is -1.38. The minimum atomic E-state index is -0.197. The second-order valence-electron chi connectivity index (χ2n) is 5.27. The predicted molar refractivity (Wildman–Crippen MR) is 81.3 cm³/mol. The van der Waals surface area contributed by atoms with Crippen molar-refractivity contribution < 1.29 is 5.11 Å². The zero-order chi connectivity index (χ0) is 13.7. The highest BCUT2D eigenvalue weighted by Gasteiger charge is 2.05. The molecule has 0 amide bonds. The van der Waals surface area contributed by atoms with Gasteiger partial charge in [-0.15, -0.1) is 0 Å². The number of aliphatic hydroxyl groups excluding tert-OH is 1. The molecule has 0 fully saturated rings. The van der Waals surface area contributed by atoms with Crippen LogP contribution in [0.25, 0.3) is 10.8 Å². The van der Waals surface area contributed by atoms with Gasteiger partial charge in [-0.2, -0.15) is 0 Å². The van der Waals surface area contributed by atoms with Crippen molar-refractivity contribution >= 4 is 10.8 Å². The summed E-state index contributed by atoms with van der Waals surface area (Å²) < 4.78 is 0. The molecule has 2 aromatic rings. The van der Waals surface area contributed by atoms with Crippen LogP contribution in [0, 0.1) is 0 Å². The highest BCUT2D eigenvalue weighted by Crippen LogP contribution is 2.20. The highest BCUT2D eigenvalue weighted by atomic mass is 16.3. The molecule has 2 unspecified atom stereocenters. The molecule has 0 aliphatic rings. The SMILES string of the molecule is CC(O)CCCNC(C)c1ccc2ccccc2c1. The van der Waals surface area contributed by atoms with Gasteiger partial charge in [-0.3, -0.25) is 0 Å². The molecule has 0 saturated carbocycles. The van der Waals surface area contributed by atoms with Crippen molar-refractivity contribution in [3.63, 3.8) is 0 Å². The van der Waals surface area contributed by atoms with Crippen LogP contribution in [0.1, 0.15) is 38.3 Å². The fourth-order valence-corrected chi connectivity index (χ4v) is 2.31. The van der Waals surface area contributed by atoms with Crippen molar-refractivity contribution in [3.05, 3.63) is 48.0 Å². The van der Waals surface area contributed by atoms with Crippen LogP contribution < -0.4 is 5.32 Å². The minimum Gasteiger partial charge on any atom is -0.393 e. The number of nitrogens with one attached hydrogen (secondary N) is 1. The first kappa shape index (κ1) is 14.0. The smallest absolute Gasteiger partial charge is 0.0512 e. The molecule has 102 valence electrons. The second-order valence-corrected chi connectivity index (χ2v) is 5.27. The van der Waals surface area contributed by atoms with Gasteiger partial charge >= 0.3 is 0 Å². The molecule has 0 aliphatic heterocycles. The lowest BCUT2D eigenvalue weighted by Crippen LogP contribution is -2.20. The maximum Gasteiger partial charge on any atom is 0.0512 e. The fourth-order valence-electron chi connectivity index (χ4n) is 2.31. The minimum absolute atomic E-state index is 0.197. The van der Waals surface area contributed by atoms with Crippen molar-refractivity contribution in [1.82, 2.24) is 5.32 Å². The quantitative estimate of drug-likeness (QED) is 0.774. The first-order valence-corrected chi connectivity index (χ1v) is 7.07. The molecule has 2 aromatic carbocycles. The lowest BCUT2D eigenvalue weighted by molar-refractivity contribution is 0.181. The molecule has 19 heavy (non-hydrogen) atoms. The Labute approximate surface area is 115 Å². The van der Waals surface area contributed by atoms with Crippen LogP contribution in [0.5, 0.6) is 0 Å². The summed E-state index contributed by atoms with van der Waals surface area (Å²) >= 11 is 0. The first-order chi connectivity index (χ1) is 9.16. The lowest BCUT2D eigenvalue weighted by atomic mass is 10.0. The third-order valence-corrected chi connectivity index (χ3v) is 3.52. The summed E-state index contributed by atoms with van der Waals surface area (Å²) in [6.07, 6.45) is 1.67. The summed E-state index contributed by atoms with van der Waals surface area (Å²) in [7, 11) is 0. The number of aliphatic hydroxyl groups is 1. The standard InChI is InChI=1S/C17H23NO/c1-13(19)6-5-11-18-14(2)16-10-9-15-7-3-4-8-17(15)12-16/h3-4,7-10,12-14,18-19H,5-6,11H2,1-2H3. The van der Waals surface area contributed by atoms with E-state index in [2.05, 4.69) is 54.7 Å². The molecular formula is C17H23NO. The molecule has 2 heteroatoms. The van der Waals surface area contributed by atoms with E-state index in [0.29, 0.717) is 6.04 Å². The Morgan fingerprint density at radius 3 is 2.53 bits per heavy atom. The highest BCUT2D eigenvalue weighted by molar-refractivity contribution is 5.83. The number of rotatable bonds is 6. The molecular weight excluding hydrogens is 234 g/mol. The topological polar surface area (TPSA) is 32.3 Å². The van der Waals surface area contributed by atoms with Crippen molar-refractivity contribution in [1.29, 1.82) is 0 Å². The van der Waals surface area contributed by atoms with Gasteiger partial charge in [-0.1, -0.05) is 36.4 Å². The Kier molecular flexibility index (Phi) is 4.94. The predicted octanol–water partition coefficient (Wildman–Crippen LogP) is 3.65. The molecule has 0 aliphatic carbocycles. The Morgan fingerprint density at radius 2 is 1.79 bits per heavy atom. The average molecular weight is 257 g/mol. The summed E-state index contributed by atoms with van der Waals surface area (Å²) in [5, 5.41) is 15.3. The monoisotopic (exact) mass is 257 g/mol. The molecule has 2 rings (SSSR count). The Balaban J connectivity index is 1.95. The molecule has 0 aromatic heterocycles. The van der Waals surface area contributed by atoms with Gasteiger partial charge < -0.3 is 10.4 Å². The van der Waals surface area contributed by atoms with Crippen molar-refractivity contribution in [3.8, 4) is 0 Å². The van der Waals surface area contributed by atoms with E-state index in [0.717, 1.165) is 19.4 Å². The van der Waals surface area contributed by atoms with E-state index in [1.54, 1.807) is 0 Å². The van der Waals surface area contributed by atoms with E-state index >= 15 is 0 Å². The van der Waals surface area contributed by atoms with E-state index in [-0.39, 0.29) is 6.10 Å². The van der Waals surface area contributed by atoms with E-state index < -0.39 is 0 Å². The third-order valence-electron chi connectivity index (χ3n) is 3.52. The van der Waals surface area contributed by atoms with Gasteiger partial charge in [0.1, 0.15) is 0 Å². The lowest BCUT2D eigenvalue weighted by Gasteiger charge is -2.15. The summed E-state index contributed by atoms with van der Waals surface area (Å²) in [5.41, 5.74) is 1.32. The number of hydrogen-bond acceptors (Lipinski definition) is 2. The number of benzene rings is 2. The Morgan fingerprint density at radius 1 is 1.05 bits per heavy atom. The molecule has 2 atom stereocenters. The number of hydrogen-bond donors (Lipinski definition) is 2. The second kappa shape index (κ2) is 6.69. The largest absolute Gasteiger partial charge is 0.393 e. The molecule has 0 heterocycles. The van der Waals surface area contributed by atoms with Crippen molar-refractivity contribution in [2.45, 2.75) is 38.8 Å². The summed E-state index contributed by atoms with van der Waals surface area (Å²) in [6, 6.07) is 15.4. The van der Waals surface area contributed by atoms with Crippen LogP contribution in [0.4, 0.5) is 0 Å². The van der Waals surface area contributed by atoms with Gasteiger partial charge in [0.05, 0.1) is 6.10 Å². The van der Waals surface area contributed by atoms with Crippen LogP contribution in [0.15, 0.2) is 42.5 Å². The average Bonchev–Trinajstić information content (AvgIpc) is 2.42. The third kappa shape index (κ3) is 4.05. The molecule has 2 nitrogen and oxygen atoms in total. The normalized spacial score (nSPS) is 14.5. The zero-order valence-corrected chi connectivity index (χ0v) is 11.8. The van der Waals surface area contributed by atoms with Crippen molar-refractivity contribution in [2.24, 2.45) is 0 Å². The number of fused-ring (bicyclic) bond motifs is 1. The molecule has 0 radical (unpaired) electrons. The first-order valence-electron chi connectivity index (χ1n) is 7.07. The van der Waals surface area contributed by atoms with Crippen LogP contribution in [0.3, 0.4) is 0 Å². The molecule has 0 bridgehead atoms. The maximum atomic E-state index is 9.23. The van der Waals surface area contributed by atoms with E-state index in [1.165, 1.54) is 16.3 Å². The van der Waals surface area contributed by atoms with Crippen molar-refractivity contribution in [2.75, 3.05) is 6.54 Å². The van der Waals surface area contributed by atoms with Gasteiger partial charge in [-0.25, -0.2) is 0 Å². The van der Waals surface area contributed by atoms with Gasteiger partial charge in [0.25, 0.3) is 0 Å². The summed E-state index contributed by atoms with van der Waals surface area (Å²) in [4.78, 5) is 0. The van der Waals surface area contributed by atoms with Gasteiger partial charge in [0, 0.05) is 6.04 Å². The molecule has 0 spiro atoms. The fraction of sp³-hybridized carbons (Fsp3) is 0.412. The molecule has 2 N–H and O–H groups in total. The van der Waals surface area contributed by atoms with Crippen LogP contribution in [-0.2, 0) is 0 Å². The van der Waals surface area contributed by atoms with E-state index in [4.69, 9.17) is 0 Å². The van der Waals surface area contributed by atoms with Crippen LogP contribution in [0.2, 0.25) is 0 Å². The van der Waals surface area contributed by atoms with Gasteiger partial charge in [-0.05, 0) is 55.6 Å². The van der Waals surface area contributed by atoms with Gasteiger partial charge in [0.15, 0.2) is 0 Å². The van der Waals surface area contributed by atoms with Crippen LogP contribution in [-0.4, -0.2) is 17.8 Å². The maximum absolute atomic E-state index is 9.23. The van der Waals surface area contributed by atoms with Crippen LogP contribution >= 0.6 is 0 Å². The zero-order valence-electron chi connectivity index (χ0n) is 11.8. The van der Waals surface area contributed by atoms with Gasteiger partial charge in [0.2, 0.25) is 0 Å². The summed E-state index contributed by atoms with van der Waals surface area (Å²) in [5.74, 6) is 0. The van der Waals surface area contributed by atoms with E-state index in [9.17, 15) is 5.11 Å². The Bertz CT molecular complexity index is 521.